The van der Waals surface area contributed by atoms with E-state index in [1.54, 1.807) is 4.68 Å². The number of aromatic nitrogens is 4. The van der Waals surface area contributed by atoms with E-state index in [1.165, 1.54) is 0 Å². The molecule has 0 aliphatic carbocycles. The molecule has 2 N–H and O–H groups in total. The molecule has 0 aliphatic heterocycles. The Bertz CT molecular complexity index is 1880. The molecule has 0 saturated carbocycles. The first-order valence-electron chi connectivity index (χ1n) is 14.1. The van der Waals surface area contributed by atoms with Crippen LogP contribution in [0.4, 0.5) is 16.3 Å². The van der Waals surface area contributed by atoms with Crippen LogP contribution in [0.2, 0.25) is 0 Å². The van der Waals surface area contributed by atoms with Crippen LogP contribution in [0, 0.1) is 6.92 Å². The molecule has 0 spiro atoms. The van der Waals surface area contributed by atoms with Gasteiger partial charge in [-0.05, 0) is 43.3 Å². The van der Waals surface area contributed by atoms with E-state index in [0.717, 1.165) is 44.5 Å². The molecule has 4 aromatic carbocycles. The maximum atomic E-state index is 13.3. The number of nitrogens with one attached hydrogen (secondary N) is 2. The fourth-order valence-electron chi connectivity index (χ4n) is 4.94. The van der Waals surface area contributed by atoms with E-state index in [4.69, 9.17) is 9.84 Å². The van der Waals surface area contributed by atoms with Crippen molar-refractivity contribution in [2.24, 2.45) is 0 Å². The van der Waals surface area contributed by atoms with Crippen molar-refractivity contribution in [1.82, 2.24) is 19.3 Å². The van der Waals surface area contributed by atoms with Crippen LogP contribution in [-0.2, 0) is 12.0 Å². The lowest BCUT2D eigenvalue weighted by Crippen LogP contribution is -2.21. The van der Waals surface area contributed by atoms with Crippen LogP contribution >= 0.6 is 0 Å². The van der Waals surface area contributed by atoms with E-state index in [-0.39, 0.29) is 11.4 Å². The molecule has 0 saturated heterocycles. The molecule has 212 valence electrons. The van der Waals surface area contributed by atoms with Crippen molar-refractivity contribution in [1.29, 1.82) is 0 Å². The van der Waals surface area contributed by atoms with Crippen molar-refractivity contribution in [2.45, 2.75) is 39.7 Å². The summed E-state index contributed by atoms with van der Waals surface area (Å²) in [4.78, 5) is 17.8. The predicted octanol–water partition coefficient (Wildman–Crippen LogP) is 7.70. The molecule has 42 heavy (non-hydrogen) atoms. The zero-order chi connectivity index (χ0) is 29.3. The average molecular weight is 559 g/mol. The second kappa shape index (κ2) is 11.0. The standard InChI is InChI=1S/C34H34N6O2/c1-23-13-15-24(16-14-23)40-32(21-31(38-40)34(2,3)4)37-33(41)36-27-17-18-30(26-10-6-5-9-25(26)27)42-20-19-39-22-35-28-11-7-8-12-29(28)39/h5-18,21-22H,19-20H2,1-4H3,(H2,36,37,41). The Morgan fingerprint density at radius 1 is 0.881 bits per heavy atom. The Hall–Kier alpha value is -5.11. The molecule has 6 rings (SSSR count). The summed E-state index contributed by atoms with van der Waals surface area (Å²) < 4.78 is 10.1. The number of aryl methyl sites for hydroxylation is 1. The number of para-hydroxylation sites is 2. The molecule has 0 aliphatic rings. The summed E-state index contributed by atoms with van der Waals surface area (Å²) in [7, 11) is 0. The van der Waals surface area contributed by atoms with Crippen LogP contribution in [0.1, 0.15) is 32.0 Å². The van der Waals surface area contributed by atoms with Gasteiger partial charge in [-0.15, -0.1) is 0 Å². The lowest BCUT2D eigenvalue weighted by molar-refractivity contribution is 0.262. The number of fused-ring (bicyclic) bond motifs is 2. The number of amides is 2. The molecule has 0 fully saturated rings. The first-order valence-corrected chi connectivity index (χ1v) is 14.1. The fourth-order valence-corrected chi connectivity index (χ4v) is 4.94. The van der Waals surface area contributed by atoms with Gasteiger partial charge in [0.15, 0.2) is 0 Å². The predicted molar refractivity (Wildman–Crippen MR) is 169 cm³/mol. The van der Waals surface area contributed by atoms with Gasteiger partial charge in [0.1, 0.15) is 18.2 Å². The van der Waals surface area contributed by atoms with Crippen LogP contribution in [0.3, 0.4) is 0 Å². The number of carbonyl (C=O) groups excluding carboxylic acids is 1. The number of hydrogen-bond acceptors (Lipinski definition) is 4. The van der Waals surface area contributed by atoms with Gasteiger partial charge in [0.05, 0.1) is 41.0 Å². The highest BCUT2D eigenvalue weighted by Gasteiger charge is 2.22. The minimum Gasteiger partial charge on any atom is -0.491 e. The molecule has 0 unspecified atom stereocenters. The fraction of sp³-hybridized carbons (Fsp3) is 0.206. The zero-order valence-corrected chi connectivity index (χ0v) is 24.3. The van der Waals surface area contributed by atoms with Crippen molar-refractivity contribution in [3.8, 4) is 11.4 Å². The highest BCUT2D eigenvalue weighted by Crippen LogP contribution is 2.32. The third-order valence-electron chi connectivity index (χ3n) is 7.25. The highest BCUT2D eigenvalue weighted by molar-refractivity contribution is 6.07. The first kappa shape index (κ1) is 27.1. The normalized spacial score (nSPS) is 11.6. The number of anilines is 2. The molecule has 2 amide bonds. The topological polar surface area (TPSA) is 86.0 Å². The summed E-state index contributed by atoms with van der Waals surface area (Å²) in [5.74, 6) is 1.35. The van der Waals surface area contributed by atoms with E-state index in [9.17, 15) is 4.79 Å². The van der Waals surface area contributed by atoms with Crippen LogP contribution in [-0.4, -0.2) is 32.0 Å². The molecule has 6 aromatic rings. The van der Waals surface area contributed by atoms with E-state index >= 15 is 0 Å². The summed E-state index contributed by atoms with van der Waals surface area (Å²) >= 11 is 0. The molecule has 0 radical (unpaired) electrons. The van der Waals surface area contributed by atoms with Gasteiger partial charge in [-0.1, -0.05) is 74.9 Å². The van der Waals surface area contributed by atoms with Gasteiger partial charge in [0.25, 0.3) is 0 Å². The maximum Gasteiger partial charge on any atom is 0.324 e. The molecule has 0 atom stereocenters. The van der Waals surface area contributed by atoms with Gasteiger partial charge in [0.2, 0.25) is 0 Å². The molecular formula is C34H34N6O2. The summed E-state index contributed by atoms with van der Waals surface area (Å²) in [5.41, 5.74) is 5.47. The Morgan fingerprint density at radius 3 is 2.40 bits per heavy atom. The average Bonchev–Trinajstić information content (AvgIpc) is 3.59. The molecular weight excluding hydrogens is 524 g/mol. The molecule has 0 bridgehead atoms. The number of rotatable bonds is 7. The Balaban J connectivity index is 1.20. The van der Waals surface area contributed by atoms with E-state index in [0.29, 0.717) is 24.7 Å². The Labute approximate surface area is 245 Å². The SMILES string of the molecule is Cc1ccc(-n2nc(C(C)(C)C)cc2NC(=O)Nc2ccc(OCCn3cnc4ccccc43)c3ccccc23)cc1. The lowest BCUT2D eigenvalue weighted by Gasteiger charge is -2.15. The maximum absolute atomic E-state index is 13.3. The smallest absolute Gasteiger partial charge is 0.324 e. The number of urea groups is 1. The number of ether oxygens (including phenoxy) is 1. The van der Waals surface area contributed by atoms with Gasteiger partial charge in [-0.25, -0.2) is 14.5 Å². The van der Waals surface area contributed by atoms with Crippen molar-refractivity contribution in [3.63, 3.8) is 0 Å². The second-order valence-corrected chi connectivity index (χ2v) is 11.4. The zero-order valence-electron chi connectivity index (χ0n) is 24.3. The molecule has 2 aromatic heterocycles. The van der Waals surface area contributed by atoms with E-state index < -0.39 is 0 Å². The van der Waals surface area contributed by atoms with Crippen LogP contribution in [0.5, 0.6) is 5.75 Å². The monoisotopic (exact) mass is 558 g/mol. The molecule has 2 heterocycles. The van der Waals surface area contributed by atoms with E-state index in [1.807, 2.05) is 98.2 Å². The van der Waals surface area contributed by atoms with Gasteiger partial charge in [-0.2, -0.15) is 5.10 Å². The minimum absolute atomic E-state index is 0.181. The quantitative estimate of drug-likeness (QED) is 0.210. The van der Waals surface area contributed by atoms with Gasteiger partial charge >= 0.3 is 6.03 Å². The van der Waals surface area contributed by atoms with Gasteiger partial charge in [-0.3, -0.25) is 5.32 Å². The van der Waals surface area contributed by atoms with Crippen LogP contribution in [0.15, 0.2) is 97.3 Å². The summed E-state index contributed by atoms with van der Waals surface area (Å²) in [6.07, 6.45) is 1.84. The summed E-state index contributed by atoms with van der Waals surface area (Å²) in [5, 5.41) is 12.7. The van der Waals surface area contributed by atoms with Crippen molar-refractivity contribution in [3.05, 3.63) is 109 Å². The number of nitrogens with zero attached hydrogens (tertiary/aromatic N) is 4. The number of hydrogen-bond donors (Lipinski definition) is 2. The molecule has 8 heteroatoms. The summed E-state index contributed by atoms with van der Waals surface area (Å²) in [6, 6.07) is 29.4. The number of benzene rings is 4. The number of carbonyl (C=O) groups is 1. The largest absolute Gasteiger partial charge is 0.491 e. The van der Waals surface area contributed by atoms with Gasteiger partial charge in [0, 0.05) is 22.3 Å². The van der Waals surface area contributed by atoms with Crippen molar-refractivity contribution < 1.29 is 9.53 Å². The van der Waals surface area contributed by atoms with Crippen molar-refractivity contribution >= 4 is 39.3 Å². The van der Waals surface area contributed by atoms with Crippen LogP contribution in [0.25, 0.3) is 27.5 Å². The highest BCUT2D eigenvalue weighted by atomic mass is 16.5. The second-order valence-electron chi connectivity index (χ2n) is 11.4. The Morgan fingerprint density at radius 2 is 1.62 bits per heavy atom. The number of imidazole rings is 1. The first-order chi connectivity index (χ1) is 20.3. The Kier molecular flexibility index (Phi) is 7.12. The molecule has 8 nitrogen and oxygen atoms in total. The third kappa shape index (κ3) is 5.56. The van der Waals surface area contributed by atoms with Crippen LogP contribution < -0.4 is 15.4 Å². The van der Waals surface area contributed by atoms with E-state index in [2.05, 4.69) is 47.0 Å². The lowest BCUT2D eigenvalue weighted by atomic mass is 9.92. The van der Waals surface area contributed by atoms with Gasteiger partial charge < -0.3 is 14.6 Å². The summed E-state index contributed by atoms with van der Waals surface area (Å²) in [6.45, 7) is 9.51. The van der Waals surface area contributed by atoms with Crippen molar-refractivity contribution in [2.75, 3.05) is 17.2 Å². The third-order valence-corrected chi connectivity index (χ3v) is 7.25. The minimum atomic E-state index is -0.352.